The Morgan fingerprint density at radius 2 is 2.10 bits per heavy atom. The lowest BCUT2D eigenvalue weighted by Gasteiger charge is -2.23. The van der Waals surface area contributed by atoms with Gasteiger partial charge in [-0.05, 0) is 19.3 Å². The van der Waals surface area contributed by atoms with Gasteiger partial charge in [0.15, 0.2) is 0 Å². The quantitative estimate of drug-likeness (QED) is 0.814. The third-order valence-corrected chi connectivity index (χ3v) is 4.59. The summed E-state index contributed by atoms with van der Waals surface area (Å²) in [5, 5.41) is 12.8. The zero-order chi connectivity index (χ0) is 14.5. The lowest BCUT2D eigenvalue weighted by atomic mass is 9.82. The van der Waals surface area contributed by atoms with E-state index >= 15 is 0 Å². The van der Waals surface area contributed by atoms with Crippen LogP contribution >= 0.6 is 11.3 Å². The van der Waals surface area contributed by atoms with Gasteiger partial charge in [0.2, 0.25) is 5.91 Å². The molecule has 0 bridgehead atoms. The fraction of sp³-hybridized carbons (Fsp3) is 0.500. The van der Waals surface area contributed by atoms with E-state index in [9.17, 15) is 9.59 Å². The summed E-state index contributed by atoms with van der Waals surface area (Å²) in [6.45, 7) is 2.43. The molecule has 0 fully saturated rings. The van der Waals surface area contributed by atoms with Crippen LogP contribution in [-0.2, 0) is 22.6 Å². The molecule has 2 unspecified atom stereocenters. The third kappa shape index (κ3) is 3.45. The lowest BCUT2D eigenvalue weighted by molar-refractivity contribution is -0.147. The molecular formula is C14H18N2O3S. The second-order valence-electron chi connectivity index (χ2n) is 4.79. The topological polar surface area (TPSA) is 79.3 Å². The molecule has 1 aromatic heterocycles. The molecule has 0 saturated carbocycles. The molecule has 0 aliphatic heterocycles. The van der Waals surface area contributed by atoms with Crippen molar-refractivity contribution in [3.63, 3.8) is 0 Å². The van der Waals surface area contributed by atoms with Crippen LogP contribution in [0.3, 0.4) is 0 Å². The van der Waals surface area contributed by atoms with E-state index in [1.165, 1.54) is 4.88 Å². The molecule has 2 rings (SSSR count). The van der Waals surface area contributed by atoms with Crippen LogP contribution < -0.4 is 5.32 Å². The predicted molar refractivity (Wildman–Crippen MR) is 76.3 cm³/mol. The maximum absolute atomic E-state index is 12.1. The Morgan fingerprint density at radius 3 is 2.70 bits per heavy atom. The number of aryl methyl sites for hydroxylation is 1. The van der Waals surface area contributed by atoms with Gasteiger partial charge in [-0.1, -0.05) is 19.1 Å². The summed E-state index contributed by atoms with van der Waals surface area (Å²) < 4.78 is 0. The molecule has 1 aromatic rings. The lowest BCUT2D eigenvalue weighted by Crippen LogP contribution is -2.38. The minimum Gasteiger partial charge on any atom is -0.481 e. The van der Waals surface area contributed by atoms with Crippen LogP contribution in [0.1, 0.15) is 29.7 Å². The van der Waals surface area contributed by atoms with Crippen LogP contribution in [0.5, 0.6) is 0 Å². The Kier molecular flexibility index (Phi) is 4.89. The van der Waals surface area contributed by atoms with Crippen molar-refractivity contribution < 1.29 is 14.7 Å². The molecule has 1 aliphatic carbocycles. The van der Waals surface area contributed by atoms with Crippen LogP contribution in [-0.4, -0.2) is 22.0 Å². The number of aromatic nitrogens is 1. The number of hydrogen-bond acceptors (Lipinski definition) is 4. The largest absolute Gasteiger partial charge is 0.481 e. The molecule has 2 atom stereocenters. The number of nitrogens with one attached hydrogen (secondary N) is 1. The number of amides is 1. The number of carbonyl (C=O) groups is 2. The van der Waals surface area contributed by atoms with Gasteiger partial charge in [-0.25, -0.2) is 4.98 Å². The number of carboxylic acids is 1. The first-order valence-corrected chi connectivity index (χ1v) is 7.52. The van der Waals surface area contributed by atoms with Crippen LogP contribution in [0.15, 0.2) is 18.3 Å². The average Bonchev–Trinajstić information content (AvgIpc) is 2.92. The first-order chi connectivity index (χ1) is 9.61. The van der Waals surface area contributed by atoms with Gasteiger partial charge in [-0.3, -0.25) is 9.59 Å². The van der Waals surface area contributed by atoms with Gasteiger partial charge < -0.3 is 10.4 Å². The molecule has 0 radical (unpaired) electrons. The zero-order valence-electron chi connectivity index (χ0n) is 11.3. The standard InChI is InChI=1S/C14H18N2O3S/c1-2-9-7-15-12(20-9)8-16-13(17)10-5-3-4-6-11(10)14(18)19/h3-4,7,10-11H,2,5-6,8H2,1H3,(H,16,17)(H,18,19). The van der Waals surface area contributed by atoms with Crippen LogP contribution in [0, 0.1) is 11.8 Å². The first kappa shape index (κ1) is 14.7. The van der Waals surface area contributed by atoms with Crippen molar-refractivity contribution in [2.75, 3.05) is 0 Å². The molecule has 108 valence electrons. The molecule has 5 nitrogen and oxygen atoms in total. The van der Waals surface area contributed by atoms with E-state index in [0.29, 0.717) is 19.4 Å². The van der Waals surface area contributed by atoms with Gasteiger partial charge >= 0.3 is 5.97 Å². The molecular weight excluding hydrogens is 276 g/mol. The van der Waals surface area contributed by atoms with E-state index in [2.05, 4.69) is 17.2 Å². The minimum atomic E-state index is -0.906. The first-order valence-electron chi connectivity index (χ1n) is 6.71. The molecule has 0 spiro atoms. The number of carbonyl (C=O) groups excluding carboxylic acids is 1. The second-order valence-corrected chi connectivity index (χ2v) is 5.99. The van der Waals surface area contributed by atoms with Crippen molar-refractivity contribution >= 4 is 23.2 Å². The fourth-order valence-corrected chi connectivity index (χ4v) is 3.07. The Morgan fingerprint density at radius 1 is 1.40 bits per heavy atom. The van der Waals surface area contributed by atoms with Crippen molar-refractivity contribution in [3.05, 3.63) is 28.2 Å². The summed E-state index contributed by atoms with van der Waals surface area (Å²) in [7, 11) is 0. The Balaban J connectivity index is 1.93. The maximum Gasteiger partial charge on any atom is 0.307 e. The highest BCUT2D eigenvalue weighted by molar-refractivity contribution is 7.11. The van der Waals surface area contributed by atoms with Crippen molar-refractivity contribution in [3.8, 4) is 0 Å². The highest BCUT2D eigenvalue weighted by Gasteiger charge is 2.33. The van der Waals surface area contributed by atoms with E-state index in [0.717, 1.165) is 11.4 Å². The van der Waals surface area contributed by atoms with E-state index in [4.69, 9.17) is 5.11 Å². The second kappa shape index (κ2) is 6.65. The van der Waals surface area contributed by atoms with Crippen LogP contribution in [0.4, 0.5) is 0 Å². The number of allylic oxidation sites excluding steroid dienone is 2. The monoisotopic (exact) mass is 294 g/mol. The van der Waals surface area contributed by atoms with E-state index < -0.39 is 17.8 Å². The minimum absolute atomic E-state index is 0.199. The number of hydrogen-bond donors (Lipinski definition) is 2. The van der Waals surface area contributed by atoms with Crippen molar-refractivity contribution in [1.29, 1.82) is 0 Å². The number of nitrogens with zero attached hydrogens (tertiary/aromatic N) is 1. The number of aliphatic carboxylic acids is 1. The van der Waals surface area contributed by atoms with Gasteiger partial charge in [-0.2, -0.15) is 0 Å². The SMILES string of the molecule is CCc1cnc(CNC(=O)C2CC=CCC2C(=O)O)s1. The van der Waals surface area contributed by atoms with Gasteiger partial charge in [0.05, 0.1) is 18.4 Å². The molecule has 0 aromatic carbocycles. The summed E-state index contributed by atoms with van der Waals surface area (Å²) in [6.07, 6.45) is 7.36. The molecule has 2 N–H and O–H groups in total. The summed E-state index contributed by atoms with van der Waals surface area (Å²) in [5.74, 6) is -2.21. The number of thiazole rings is 1. The molecule has 1 aliphatic rings. The molecule has 6 heteroatoms. The summed E-state index contributed by atoms with van der Waals surface area (Å²) in [6, 6.07) is 0. The zero-order valence-corrected chi connectivity index (χ0v) is 12.2. The third-order valence-electron chi connectivity index (χ3n) is 3.45. The summed E-state index contributed by atoms with van der Waals surface area (Å²) in [5.41, 5.74) is 0. The predicted octanol–water partition coefficient (Wildman–Crippen LogP) is 1.99. The van der Waals surface area contributed by atoms with E-state index in [1.54, 1.807) is 11.3 Å². The normalized spacial score (nSPS) is 21.6. The van der Waals surface area contributed by atoms with Crippen molar-refractivity contribution in [2.24, 2.45) is 11.8 Å². The van der Waals surface area contributed by atoms with E-state index in [1.807, 2.05) is 18.3 Å². The average molecular weight is 294 g/mol. The van der Waals surface area contributed by atoms with Gasteiger partial charge in [0, 0.05) is 11.1 Å². The van der Waals surface area contributed by atoms with Gasteiger partial charge in [-0.15, -0.1) is 11.3 Å². The molecule has 20 heavy (non-hydrogen) atoms. The summed E-state index contributed by atoms with van der Waals surface area (Å²) >= 11 is 1.57. The van der Waals surface area contributed by atoms with Crippen molar-refractivity contribution in [1.82, 2.24) is 10.3 Å². The van der Waals surface area contributed by atoms with Gasteiger partial charge in [0.1, 0.15) is 5.01 Å². The summed E-state index contributed by atoms with van der Waals surface area (Å²) in [4.78, 5) is 28.7. The Labute approximate surface area is 121 Å². The smallest absolute Gasteiger partial charge is 0.307 e. The Bertz CT molecular complexity index is 524. The van der Waals surface area contributed by atoms with Gasteiger partial charge in [0.25, 0.3) is 0 Å². The fourth-order valence-electron chi connectivity index (χ4n) is 2.26. The molecule has 0 saturated heterocycles. The van der Waals surface area contributed by atoms with Crippen LogP contribution in [0.2, 0.25) is 0 Å². The highest BCUT2D eigenvalue weighted by atomic mass is 32.1. The molecule has 1 heterocycles. The molecule has 1 amide bonds. The number of rotatable bonds is 5. The Hall–Kier alpha value is -1.69. The maximum atomic E-state index is 12.1. The van der Waals surface area contributed by atoms with E-state index in [-0.39, 0.29) is 5.91 Å². The van der Waals surface area contributed by atoms with Crippen molar-refractivity contribution in [2.45, 2.75) is 32.7 Å². The highest BCUT2D eigenvalue weighted by Crippen LogP contribution is 2.26. The number of carboxylic acid groups (broad SMARTS) is 1. The van der Waals surface area contributed by atoms with Crippen LogP contribution in [0.25, 0.3) is 0 Å².